The van der Waals surface area contributed by atoms with Gasteiger partial charge in [0, 0.05) is 38.9 Å². The molecule has 1 aromatic heterocycles. The van der Waals surface area contributed by atoms with Gasteiger partial charge in [-0.15, -0.1) is 0 Å². The van der Waals surface area contributed by atoms with Crippen molar-refractivity contribution in [1.29, 1.82) is 0 Å². The maximum atomic E-state index is 13.1. The predicted octanol–water partition coefficient (Wildman–Crippen LogP) is 8.51. The summed E-state index contributed by atoms with van der Waals surface area (Å²) in [5.74, 6) is 0.283. The van der Waals surface area contributed by atoms with Crippen molar-refractivity contribution in [2.75, 3.05) is 16.0 Å². The summed E-state index contributed by atoms with van der Waals surface area (Å²) >= 11 is 17.8. The minimum atomic E-state index is -4.65. The van der Waals surface area contributed by atoms with Crippen molar-refractivity contribution in [3.05, 3.63) is 93.6 Å². The highest BCUT2D eigenvalue weighted by molar-refractivity contribution is 6.35. The van der Waals surface area contributed by atoms with Gasteiger partial charge in [0.25, 0.3) is 0 Å². The SMILES string of the molecule is O=C(Nc1cccc(Nc2nccc(-c3cc(Cl)cc(Cl)c3)n2)c1)Nc1ccc(Cl)c(C(F)(F)F)c1. The van der Waals surface area contributed by atoms with E-state index in [0.717, 1.165) is 12.1 Å². The van der Waals surface area contributed by atoms with Crippen LogP contribution in [0.15, 0.2) is 72.9 Å². The van der Waals surface area contributed by atoms with Crippen LogP contribution in [0, 0.1) is 0 Å². The van der Waals surface area contributed by atoms with Gasteiger partial charge in [0.05, 0.1) is 16.3 Å². The van der Waals surface area contributed by atoms with Crippen LogP contribution in [0.25, 0.3) is 11.3 Å². The van der Waals surface area contributed by atoms with E-state index >= 15 is 0 Å². The fourth-order valence-corrected chi connectivity index (χ4v) is 3.95. The van der Waals surface area contributed by atoms with E-state index in [0.29, 0.717) is 32.7 Å². The molecule has 4 aromatic rings. The number of benzene rings is 3. The summed E-state index contributed by atoms with van der Waals surface area (Å²) in [4.78, 5) is 21.0. The van der Waals surface area contributed by atoms with E-state index in [-0.39, 0.29) is 11.6 Å². The largest absolute Gasteiger partial charge is 0.417 e. The first-order chi connectivity index (χ1) is 17.1. The quantitative estimate of drug-likeness (QED) is 0.232. The first-order valence-electron chi connectivity index (χ1n) is 10.2. The van der Waals surface area contributed by atoms with Gasteiger partial charge in [-0.25, -0.2) is 14.8 Å². The lowest BCUT2D eigenvalue weighted by Gasteiger charge is -2.13. The topological polar surface area (TPSA) is 78.9 Å². The lowest BCUT2D eigenvalue weighted by molar-refractivity contribution is -0.137. The van der Waals surface area contributed by atoms with Crippen molar-refractivity contribution in [2.45, 2.75) is 6.18 Å². The zero-order chi connectivity index (χ0) is 25.9. The minimum Gasteiger partial charge on any atom is -0.324 e. The molecule has 0 atom stereocenters. The number of nitrogens with zero attached hydrogens (tertiary/aromatic N) is 2. The molecule has 6 nitrogen and oxygen atoms in total. The average molecular weight is 553 g/mol. The van der Waals surface area contributed by atoms with Crippen LogP contribution in [0.2, 0.25) is 15.1 Å². The van der Waals surface area contributed by atoms with E-state index in [1.54, 1.807) is 54.7 Å². The molecule has 184 valence electrons. The van der Waals surface area contributed by atoms with Gasteiger partial charge in [0.15, 0.2) is 0 Å². The van der Waals surface area contributed by atoms with E-state index in [1.807, 2.05) is 0 Å². The Labute approximate surface area is 218 Å². The van der Waals surface area contributed by atoms with Gasteiger partial charge in [-0.3, -0.25) is 0 Å². The number of rotatable bonds is 5. The minimum absolute atomic E-state index is 0.0650. The lowest BCUT2D eigenvalue weighted by Crippen LogP contribution is -2.20. The Morgan fingerprint density at radius 1 is 0.806 bits per heavy atom. The zero-order valence-electron chi connectivity index (χ0n) is 18.0. The Morgan fingerprint density at radius 3 is 2.17 bits per heavy atom. The van der Waals surface area contributed by atoms with Crippen molar-refractivity contribution >= 4 is 63.8 Å². The number of nitrogens with one attached hydrogen (secondary N) is 3. The maximum Gasteiger partial charge on any atom is 0.417 e. The Bertz CT molecular complexity index is 1410. The van der Waals surface area contributed by atoms with Gasteiger partial charge in [0.1, 0.15) is 0 Å². The fourth-order valence-electron chi connectivity index (χ4n) is 3.20. The van der Waals surface area contributed by atoms with Gasteiger partial charge in [-0.05, 0) is 60.7 Å². The van der Waals surface area contributed by atoms with Crippen LogP contribution in [0.1, 0.15) is 5.56 Å². The summed E-state index contributed by atoms with van der Waals surface area (Å²) in [5.41, 5.74) is 1.12. The van der Waals surface area contributed by atoms with Gasteiger partial charge in [0.2, 0.25) is 5.95 Å². The summed E-state index contributed by atoms with van der Waals surface area (Å²) in [6, 6.07) is 15.7. The van der Waals surface area contributed by atoms with Crippen LogP contribution in [0.3, 0.4) is 0 Å². The Balaban J connectivity index is 1.46. The standard InChI is InChI=1S/C24H15Cl3F3N5O/c25-14-8-13(9-15(26)10-14)21-6-7-31-22(35-21)32-16-2-1-3-17(11-16)33-23(36)34-18-4-5-20(27)19(12-18)24(28,29)30/h1-12H,(H,31,32,35)(H2,33,34,36). The molecule has 2 amide bonds. The fraction of sp³-hybridized carbons (Fsp3) is 0.0417. The van der Waals surface area contributed by atoms with Crippen molar-refractivity contribution in [1.82, 2.24) is 9.97 Å². The highest BCUT2D eigenvalue weighted by atomic mass is 35.5. The molecule has 0 radical (unpaired) electrons. The third-order valence-electron chi connectivity index (χ3n) is 4.72. The summed E-state index contributed by atoms with van der Waals surface area (Å²) < 4.78 is 39.2. The number of aromatic nitrogens is 2. The van der Waals surface area contributed by atoms with Crippen LogP contribution in [-0.2, 0) is 6.18 Å². The smallest absolute Gasteiger partial charge is 0.324 e. The molecule has 0 saturated heterocycles. The monoisotopic (exact) mass is 551 g/mol. The Kier molecular flexibility index (Phi) is 7.53. The molecular weight excluding hydrogens is 538 g/mol. The van der Waals surface area contributed by atoms with E-state index < -0.39 is 22.8 Å². The number of carbonyl (C=O) groups is 1. The molecule has 0 aliphatic rings. The molecule has 4 rings (SSSR count). The van der Waals surface area contributed by atoms with Crippen LogP contribution >= 0.6 is 34.8 Å². The average Bonchev–Trinajstić information content (AvgIpc) is 2.79. The molecule has 1 heterocycles. The molecule has 3 N–H and O–H groups in total. The van der Waals surface area contributed by atoms with Gasteiger partial charge in [-0.2, -0.15) is 13.2 Å². The van der Waals surface area contributed by atoms with Crippen molar-refractivity contribution < 1.29 is 18.0 Å². The predicted molar refractivity (Wildman–Crippen MR) is 136 cm³/mol. The number of alkyl halides is 3. The number of carbonyl (C=O) groups excluding carboxylic acids is 1. The first-order valence-corrected chi connectivity index (χ1v) is 11.3. The number of halogens is 6. The number of amides is 2. The van der Waals surface area contributed by atoms with Crippen molar-refractivity contribution in [3.63, 3.8) is 0 Å². The van der Waals surface area contributed by atoms with Crippen LogP contribution < -0.4 is 16.0 Å². The summed E-state index contributed by atoms with van der Waals surface area (Å²) in [6.07, 6.45) is -3.08. The van der Waals surface area contributed by atoms with Crippen molar-refractivity contribution in [3.8, 4) is 11.3 Å². The molecule has 0 aliphatic heterocycles. The number of urea groups is 1. The van der Waals surface area contributed by atoms with E-state index in [2.05, 4.69) is 25.9 Å². The second-order valence-electron chi connectivity index (χ2n) is 7.40. The molecule has 36 heavy (non-hydrogen) atoms. The third kappa shape index (κ3) is 6.57. The van der Waals surface area contributed by atoms with Gasteiger partial charge in [-0.1, -0.05) is 40.9 Å². The molecule has 0 aliphatic carbocycles. The first kappa shape index (κ1) is 25.6. The van der Waals surface area contributed by atoms with Crippen LogP contribution in [-0.4, -0.2) is 16.0 Å². The van der Waals surface area contributed by atoms with Crippen LogP contribution in [0.4, 0.5) is 41.0 Å². The van der Waals surface area contributed by atoms with Crippen LogP contribution in [0.5, 0.6) is 0 Å². The van der Waals surface area contributed by atoms with E-state index in [9.17, 15) is 18.0 Å². The second kappa shape index (κ2) is 10.6. The number of anilines is 4. The summed E-state index contributed by atoms with van der Waals surface area (Å²) in [6.45, 7) is 0. The second-order valence-corrected chi connectivity index (χ2v) is 8.68. The number of hydrogen-bond donors (Lipinski definition) is 3. The molecule has 0 spiro atoms. The summed E-state index contributed by atoms with van der Waals surface area (Å²) in [7, 11) is 0. The molecule has 0 saturated carbocycles. The summed E-state index contributed by atoms with van der Waals surface area (Å²) in [5, 5.41) is 8.44. The highest BCUT2D eigenvalue weighted by Crippen LogP contribution is 2.36. The van der Waals surface area contributed by atoms with Gasteiger partial charge < -0.3 is 16.0 Å². The van der Waals surface area contributed by atoms with Crippen molar-refractivity contribution in [2.24, 2.45) is 0 Å². The molecule has 12 heteroatoms. The highest BCUT2D eigenvalue weighted by Gasteiger charge is 2.33. The molecular formula is C24H15Cl3F3N5O. The van der Waals surface area contributed by atoms with E-state index in [1.165, 1.54) is 6.07 Å². The lowest BCUT2D eigenvalue weighted by atomic mass is 10.1. The Hall–Kier alpha value is -3.53. The molecule has 0 unspecified atom stereocenters. The van der Waals surface area contributed by atoms with Gasteiger partial charge >= 0.3 is 12.2 Å². The van der Waals surface area contributed by atoms with E-state index in [4.69, 9.17) is 34.8 Å². The number of hydrogen-bond acceptors (Lipinski definition) is 4. The Morgan fingerprint density at radius 2 is 1.47 bits per heavy atom. The maximum absolute atomic E-state index is 13.1. The normalized spacial score (nSPS) is 11.2. The zero-order valence-corrected chi connectivity index (χ0v) is 20.3. The third-order valence-corrected chi connectivity index (χ3v) is 5.49. The molecule has 3 aromatic carbocycles. The molecule has 0 bridgehead atoms. The molecule has 0 fully saturated rings.